The van der Waals surface area contributed by atoms with Gasteiger partial charge in [0.05, 0.1) is 30.4 Å². The number of aromatic nitrogens is 5. The molecule has 186 valence electrons. The molecule has 0 aliphatic carbocycles. The van der Waals surface area contributed by atoms with Gasteiger partial charge in [0.2, 0.25) is 0 Å². The lowest BCUT2D eigenvalue weighted by Gasteiger charge is -2.39. The minimum Gasteiger partial charge on any atom is -0.494 e. The summed E-state index contributed by atoms with van der Waals surface area (Å²) in [5.41, 5.74) is 1.54. The van der Waals surface area contributed by atoms with Gasteiger partial charge in [0, 0.05) is 31.0 Å². The molecule has 1 fully saturated rings. The van der Waals surface area contributed by atoms with Gasteiger partial charge in [-0.1, -0.05) is 13.8 Å². The Kier molecular flexibility index (Phi) is 6.60. The van der Waals surface area contributed by atoms with Crippen molar-refractivity contribution in [1.29, 1.82) is 0 Å². The Labute approximate surface area is 209 Å². The zero-order chi connectivity index (χ0) is 25.1. The van der Waals surface area contributed by atoms with Crippen LogP contribution in [-0.2, 0) is 0 Å². The summed E-state index contributed by atoms with van der Waals surface area (Å²) in [4.78, 5) is 22.3. The summed E-state index contributed by atoms with van der Waals surface area (Å²) >= 11 is 0. The van der Waals surface area contributed by atoms with Gasteiger partial charge >= 0.3 is 0 Å². The van der Waals surface area contributed by atoms with Crippen LogP contribution < -0.4 is 20.7 Å². The Morgan fingerprint density at radius 3 is 2.83 bits per heavy atom. The minimum absolute atomic E-state index is 0.0995. The van der Waals surface area contributed by atoms with Crippen LogP contribution in [0.4, 0.5) is 21.8 Å². The maximum absolute atomic E-state index is 14.1. The van der Waals surface area contributed by atoms with E-state index in [1.165, 1.54) is 18.3 Å². The van der Waals surface area contributed by atoms with Gasteiger partial charge in [-0.25, -0.2) is 24.3 Å². The van der Waals surface area contributed by atoms with Gasteiger partial charge in [0.1, 0.15) is 17.4 Å². The highest BCUT2D eigenvalue weighted by Gasteiger charge is 2.32. The average molecular weight is 489 g/mol. The van der Waals surface area contributed by atoms with E-state index in [1.54, 1.807) is 31.8 Å². The van der Waals surface area contributed by atoms with Crippen LogP contribution in [0.3, 0.4) is 0 Å². The fraction of sp³-hybridized carbons (Fsp3) is 0.346. The van der Waals surface area contributed by atoms with Gasteiger partial charge in [0.25, 0.3) is 0 Å². The number of nitrogens with zero attached hydrogens (tertiary/aromatic N) is 5. The third-order valence-electron chi connectivity index (χ3n) is 6.69. The smallest absolute Gasteiger partial charge is 0.167 e. The van der Waals surface area contributed by atoms with E-state index < -0.39 is 5.82 Å². The predicted octanol–water partition coefficient (Wildman–Crippen LogP) is 4.42. The maximum atomic E-state index is 14.1. The van der Waals surface area contributed by atoms with Crippen molar-refractivity contribution in [3.8, 4) is 17.1 Å². The summed E-state index contributed by atoms with van der Waals surface area (Å²) < 4.78 is 19.7. The number of rotatable bonds is 7. The lowest BCUT2D eigenvalue weighted by Crippen LogP contribution is -2.45. The summed E-state index contributed by atoms with van der Waals surface area (Å²) in [6.07, 6.45) is 7.59. The van der Waals surface area contributed by atoms with E-state index in [-0.39, 0.29) is 11.2 Å². The third-order valence-corrected chi connectivity index (χ3v) is 6.69. The summed E-state index contributed by atoms with van der Waals surface area (Å²) in [6.45, 7) is 7.33. The van der Waals surface area contributed by atoms with Gasteiger partial charge in [-0.15, -0.1) is 0 Å². The molecule has 1 saturated heterocycles. The van der Waals surface area contributed by atoms with E-state index >= 15 is 0 Å². The molecule has 5 heterocycles. The van der Waals surface area contributed by atoms with E-state index in [1.807, 2.05) is 6.07 Å². The molecule has 0 bridgehead atoms. The molecule has 9 nitrogen and oxygen atoms in total. The fourth-order valence-corrected chi connectivity index (χ4v) is 4.52. The molecule has 0 amide bonds. The van der Waals surface area contributed by atoms with Gasteiger partial charge in [0.15, 0.2) is 17.5 Å². The van der Waals surface area contributed by atoms with Crippen LogP contribution in [0.5, 0.6) is 5.75 Å². The molecule has 1 aliphatic heterocycles. The summed E-state index contributed by atoms with van der Waals surface area (Å²) in [5.74, 6) is 2.34. The summed E-state index contributed by atoms with van der Waals surface area (Å²) in [7, 11) is 1.61. The Morgan fingerprint density at radius 2 is 2.03 bits per heavy atom. The molecule has 1 atom stereocenters. The van der Waals surface area contributed by atoms with E-state index in [9.17, 15) is 4.39 Å². The van der Waals surface area contributed by atoms with Gasteiger partial charge < -0.3 is 20.7 Å². The number of pyridine rings is 3. The number of anilines is 3. The molecule has 4 aromatic heterocycles. The number of hydrogen-bond acceptors (Lipinski definition) is 9. The zero-order valence-corrected chi connectivity index (χ0v) is 20.5. The van der Waals surface area contributed by atoms with Crippen molar-refractivity contribution >= 4 is 28.4 Å². The first-order valence-electron chi connectivity index (χ1n) is 11.9. The second-order valence-electron chi connectivity index (χ2n) is 9.55. The number of fused-ring (bicyclic) bond motifs is 1. The first-order chi connectivity index (χ1) is 17.4. The van der Waals surface area contributed by atoms with Crippen LogP contribution in [-0.4, -0.2) is 51.7 Å². The van der Waals surface area contributed by atoms with Crippen LogP contribution in [0, 0.1) is 17.2 Å². The molecule has 10 heteroatoms. The molecular weight excluding hydrogens is 459 g/mol. The number of halogens is 1. The Morgan fingerprint density at radius 1 is 1.14 bits per heavy atom. The largest absolute Gasteiger partial charge is 0.494 e. The second-order valence-corrected chi connectivity index (χ2v) is 9.55. The average Bonchev–Trinajstić information content (AvgIpc) is 2.88. The Hall–Kier alpha value is -3.92. The van der Waals surface area contributed by atoms with E-state index in [2.05, 4.69) is 44.7 Å². The Balaban J connectivity index is 1.51. The van der Waals surface area contributed by atoms with E-state index in [4.69, 9.17) is 14.7 Å². The van der Waals surface area contributed by atoms with Crippen LogP contribution in [0.2, 0.25) is 0 Å². The third kappa shape index (κ3) is 4.90. The van der Waals surface area contributed by atoms with Crippen molar-refractivity contribution in [3.05, 3.63) is 54.9 Å². The molecule has 4 aromatic rings. The maximum Gasteiger partial charge on any atom is 0.167 e. The quantitative estimate of drug-likeness (QED) is 0.348. The molecule has 1 unspecified atom stereocenters. The minimum atomic E-state index is -0.461. The number of piperidine rings is 1. The number of methoxy groups -OCH3 is 1. The van der Waals surface area contributed by atoms with Crippen molar-refractivity contribution in [2.45, 2.75) is 20.3 Å². The lowest BCUT2D eigenvalue weighted by molar-refractivity contribution is 0.166. The highest BCUT2D eigenvalue weighted by molar-refractivity contribution is 5.95. The number of ether oxygens (including phenoxy) is 1. The number of nitrogens with one attached hydrogen (secondary N) is 3. The molecule has 0 spiro atoms. The zero-order valence-electron chi connectivity index (χ0n) is 20.5. The molecule has 5 rings (SSSR count). The van der Waals surface area contributed by atoms with Crippen molar-refractivity contribution in [3.63, 3.8) is 0 Å². The standard InChI is InChI=1S/C26H29FN8O/c1-26(2)15-28-9-7-17(26)12-32-25-22-19(13-29-14-20(22)36-3)33-23(35-25)16-6-10-30-21(11-16)34-24-18(27)5-4-8-31-24/h4-6,8,10-11,13-14,17,28H,7,9,12,15H2,1-3H3,(H,30,31,34)(H,32,33,35). The van der Waals surface area contributed by atoms with E-state index in [0.29, 0.717) is 34.6 Å². The molecule has 0 saturated carbocycles. The summed E-state index contributed by atoms with van der Waals surface area (Å²) in [6, 6.07) is 6.46. The van der Waals surface area contributed by atoms with Crippen molar-refractivity contribution in [2.75, 3.05) is 37.4 Å². The summed E-state index contributed by atoms with van der Waals surface area (Å²) in [5, 5.41) is 10.8. The van der Waals surface area contributed by atoms with Crippen LogP contribution >= 0.6 is 0 Å². The second kappa shape index (κ2) is 9.98. The van der Waals surface area contributed by atoms with Crippen LogP contribution in [0.1, 0.15) is 20.3 Å². The monoisotopic (exact) mass is 488 g/mol. The molecule has 0 radical (unpaired) electrons. The van der Waals surface area contributed by atoms with Gasteiger partial charge in [-0.3, -0.25) is 4.98 Å². The normalized spacial score (nSPS) is 17.1. The molecule has 1 aliphatic rings. The topological polar surface area (TPSA) is 110 Å². The lowest BCUT2D eigenvalue weighted by atomic mass is 9.74. The van der Waals surface area contributed by atoms with Crippen molar-refractivity contribution in [2.24, 2.45) is 11.3 Å². The molecular formula is C26H29FN8O. The fourth-order valence-electron chi connectivity index (χ4n) is 4.52. The highest BCUT2D eigenvalue weighted by Crippen LogP contribution is 2.35. The van der Waals surface area contributed by atoms with Gasteiger partial charge in [-0.05, 0) is 48.6 Å². The first-order valence-corrected chi connectivity index (χ1v) is 11.9. The SMILES string of the molecule is COc1cncc2nc(-c3ccnc(Nc4ncccc4F)c3)nc(NCC3CCNCC3(C)C)c12. The molecule has 3 N–H and O–H groups in total. The predicted molar refractivity (Wildman–Crippen MR) is 138 cm³/mol. The van der Waals surface area contributed by atoms with Crippen LogP contribution in [0.25, 0.3) is 22.3 Å². The Bertz CT molecular complexity index is 1380. The van der Waals surface area contributed by atoms with Crippen molar-refractivity contribution in [1.82, 2.24) is 30.2 Å². The van der Waals surface area contributed by atoms with Gasteiger partial charge in [-0.2, -0.15) is 0 Å². The highest BCUT2D eigenvalue weighted by atomic mass is 19.1. The van der Waals surface area contributed by atoms with E-state index in [0.717, 1.165) is 37.0 Å². The molecule has 0 aromatic carbocycles. The first kappa shape index (κ1) is 23.8. The number of hydrogen-bond donors (Lipinski definition) is 3. The van der Waals surface area contributed by atoms with Crippen molar-refractivity contribution < 1.29 is 9.13 Å². The molecule has 36 heavy (non-hydrogen) atoms. The van der Waals surface area contributed by atoms with Crippen LogP contribution in [0.15, 0.2) is 49.1 Å².